The number of hydrogen-bond acceptors (Lipinski definition) is 3. The second-order valence-corrected chi connectivity index (χ2v) is 6.51. The van der Waals surface area contributed by atoms with Gasteiger partial charge in [0, 0.05) is 13.2 Å². The number of likely N-dealkylation sites (N-methyl/N-ethyl adjacent to an activating group) is 1. The number of fused-ring (bicyclic) bond motifs is 1. The molecular formula is C18H23N5O. The molecule has 0 saturated heterocycles. The van der Waals surface area contributed by atoms with Crippen LogP contribution in [0.1, 0.15) is 35.5 Å². The van der Waals surface area contributed by atoms with Gasteiger partial charge < -0.3 is 9.88 Å². The Bertz CT molecular complexity index is 853. The molecule has 6 heteroatoms. The van der Waals surface area contributed by atoms with Crippen LogP contribution in [-0.4, -0.2) is 37.6 Å². The highest BCUT2D eigenvalue weighted by molar-refractivity contribution is 5.80. The first-order valence-corrected chi connectivity index (χ1v) is 8.06. The van der Waals surface area contributed by atoms with Gasteiger partial charge in [0.15, 0.2) is 0 Å². The first kappa shape index (κ1) is 16.2. The molecular weight excluding hydrogens is 302 g/mol. The van der Waals surface area contributed by atoms with Crippen molar-refractivity contribution >= 4 is 16.9 Å². The third-order valence-corrected chi connectivity index (χ3v) is 4.39. The van der Waals surface area contributed by atoms with E-state index in [1.807, 2.05) is 20.0 Å². The molecule has 126 valence electrons. The minimum absolute atomic E-state index is 0.00548. The van der Waals surface area contributed by atoms with Gasteiger partial charge in [0.2, 0.25) is 5.91 Å². The number of carbonyl (C=O) groups excluding carboxylic acids is 1. The van der Waals surface area contributed by atoms with Crippen molar-refractivity contribution in [2.24, 2.45) is 0 Å². The van der Waals surface area contributed by atoms with Gasteiger partial charge >= 0.3 is 0 Å². The Kier molecular flexibility index (Phi) is 4.13. The summed E-state index contributed by atoms with van der Waals surface area (Å²) in [6, 6.07) is 3.83. The smallest absolute Gasteiger partial charge is 0.247 e. The Morgan fingerprint density at radius 2 is 2.00 bits per heavy atom. The van der Waals surface area contributed by atoms with Crippen LogP contribution >= 0.6 is 0 Å². The summed E-state index contributed by atoms with van der Waals surface area (Å²) in [5.74, 6) is 0.792. The number of aromatic amines is 1. The normalized spacial score (nSPS) is 12.5. The first-order chi connectivity index (χ1) is 11.3. The summed E-state index contributed by atoms with van der Waals surface area (Å²) in [7, 11) is 1.79. The van der Waals surface area contributed by atoms with Gasteiger partial charge in [-0.05, 0) is 56.5 Å². The summed E-state index contributed by atoms with van der Waals surface area (Å²) < 4.78 is 1.69. The summed E-state index contributed by atoms with van der Waals surface area (Å²) >= 11 is 0. The van der Waals surface area contributed by atoms with Gasteiger partial charge in [0.1, 0.15) is 11.9 Å². The maximum Gasteiger partial charge on any atom is 0.247 e. The minimum atomic E-state index is -0.336. The summed E-state index contributed by atoms with van der Waals surface area (Å²) in [5.41, 5.74) is 5.42. The van der Waals surface area contributed by atoms with Gasteiger partial charge in [-0.15, -0.1) is 0 Å². The van der Waals surface area contributed by atoms with Crippen LogP contribution in [0.2, 0.25) is 0 Å². The first-order valence-electron chi connectivity index (χ1n) is 8.06. The molecule has 2 aromatic heterocycles. The second-order valence-electron chi connectivity index (χ2n) is 6.51. The molecule has 1 amide bonds. The van der Waals surface area contributed by atoms with Gasteiger partial charge in [-0.3, -0.25) is 9.48 Å². The lowest BCUT2D eigenvalue weighted by Crippen LogP contribution is -2.33. The fourth-order valence-corrected chi connectivity index (χ4v) is 2.78. The van der Waals surface area contributed by atoms with Gasteiger partial charge in [-0.1, -0.05) is 0 Å². The number of nitrogens with zero attached hydrogens (tertiary/aromatic N) is 4. The van der Waals surface area contributed by atoms with Gasteiger partial charge in [0.05, 0.1) is 23.8 Å². The number of hydrogen-bond donors (Lipinski definition) is 1. The Morgan fingerprint density at radius 3 is 2.67 bits per heavy atom. The van der Waals surface area contributed by atoms with Crippen LogP contribution in [0.3, 0.4) is 0 Å². The number of benzene rings is 1. The zero-order valence-corrected chi connectivity index (χ0v) is 14.8. The van der Waals surface area contributed by atoms with E-state index in [-0.39, 0.29) is 11.9 Å². The highest BCUT2D eigenvalue weighted by Crippen LogP contribution is 2.18. The van der Waals surface area contributed by atoms with E-state index in [1.54, 1.807) is 22.8 Å². The largest absolute Gasteiger partial charge is 0.340 e. The van der Waals surface area contributed by atoms with Crippen molar-refractivity contribution in [3.8, 4) is 0 Å². The fraction of sp³-hybridized carbons (Fsp3) is 0.389. The Balaban J connectivity index is 1.76. The fourth-order valence-electron chi connectivity index (χ4n) is 2.78. The molecule has 0 aliphatic carbocycles. The Hall–Kier alpha value is -2.63. The lowest BCUT2D eigenvalue weighted by Gasteiger charge is -2.20. The van der Waals surface area contributed by atoms with Crippen LogP contribution in [0.5, 0.6) is 0 Å². The number of nitrogens with one attached hydrogen (secondary N) is 1. The summed E-state index contributed by atoms with van der Waals surface area (Å²) in [6.45, 7) is 8.42. The maximum absolute atomic E-state index is 12.6. The minimum Gasteiger partial charge on any atom is -0.340 e. The van der Waals surface area contributed by atoms with E-state index in [4.69, 9.17) is 0 Å². The summed E-state index contributed by atoms with van der Waals surface area (Å²) in [5, 5.41) is 4.23. The number of aromatic nitrogens is 4. The van der Waals surface area contributed by atoms with Crippen molar-refractivity contribution in [3.63, 3.8) is 0 Å². The number of rotatable bonds is 4. The molecule has 6 nitrogen and oxygen atoms in total. The van der Waals surface area contributed by atoms with Gasteiger partial charge in [-0.25, -0.2) is 4.98 Å². The van der Waals surface area contributed by atoms with Crippen molar-refractivity contribution in [1.82, 2.24) is 24.6 Å². The summed E-state index contributed by atoms with van der Waals surface area (Å²) in [6.07, 6.45) is 3.64. The molecule has 2 heterocycles. The van der Waals surface area contributed by atoms with Crippen LogP contribution in [0.4, 0.5) is 0 Å². The standard InChI is InChI=1S/C18H23N5O/c1-11-8-19-23(9-11)14(4)18(24)22(5)10-17-20-15-6-12(2)13(3)7-16(15)21-17/h6-9,14H,10H2,1-5H3,(H,20,21)/t14-/m0/s1. The maximum atomic E-state index is 12.6. The Labute approximate surface area is 141 Å². The SMILES string of the molecule is Cc1cnn([C@@H](C)C(=O)N(C)Cc2nc3cc(C)c(C)cc3[nH]2)c1. The quantitative estimate of drug-likeness (QED) is 0.802. The van der Waals surface area contributed by atoms with Crippen molar-refractivity contribution in [3.05, 3.63) is 47.0 Å². The van der Waals surface area contributed by atoms with E-state index in [0.717, 1.165) is 22.4 Å². The monoisotopic (exact) mass is 325 g/mol. The molecule has 0 unspecified atom stereocenters. The van der Waals surface area contributed by atoms with E-state index < -0.39 is 0 Å². The molecule has 0 fully saturated rings. The predicted molar refractivity (Wildman–Crippen MR) is 93.7 cm³/mol. The molecule has 0 saturated carbocycles. The topological polar surface area (TPSA) is 66.8 Å². The van der Waals surface area contributed by atoms with E-state index in [1.165, 1.54) is 11.1 Å². The molecule has 1 atom stereocenters. The molecule has 1 N–H and O–H groups in total. The van der Waals surface area contributed by atoms with E-state index in [9.17, 15) is 4.79 Å². The van der Waals surface area contributed by atoms with Crippen molar-refractivity contribution < 1.29 is 4.79 Å². The van der Waals surface area contributed by atoms with Crippen molar-refractivity contribution in [1.29, 1.82) is 0 Å². The number of amides is 1. The van der Waals surface area contributed by atoms with E-state index in [0.29, 0.717) is 6.54 Å². The predicted octanol–water partition coefficient (Wildman–Crippen LogP) is 2.90. The zero-order chi connectivity index (χ0) is 17.4. The average Bonchev–Trinajstić information content (AvgIpc) is 3.12. The molecule has 0 aliphatic rings. The third-order valence-electron chi connectivity index (χ3n) is 4.39. The van der Waals surface area contributed by atoms with Gasteiger partial charge in [0.25, 0.3) is 0 Å². The molecule has 0 aliphatic heterocycles. The Morgan fingerprint density at radius 1 is 1.29 bits per heavy atom. The highest BCUT2D eigenvalue weighted by atomic mass is 16.2. The molecule has 0 spiro atoms. The highest BCUT2D eigenvalue weighted by Gasteiger charge is 2.20. The number of aryl methyl sites for hydroxylation is 3. The van der Waals surface area contributed by atoms with Crippen LogP contribution in [0.25, 0.3) is 11.0 Å². The van der Waals surface area contributed by atoms with E-state index >= 15 is 0 Å². The summed E-state index contributed by atoms with van der Waals surface area (Å²) in [4.78, 5) is 22.2. The molecule has 3 aromatic rings. The third kappa shape index (κ3) is 3.04. The zero-order valence-electron chi connectivity index (χ0n) is 14.8. The lowest BCUT2D eigenvalue weighted by molar-refractivity contribution is -0.133. The molecule has 24 heavy (non-hydrogen) atoms. The molecule has 0 bridgehead atoms. The lowest BCUT2D eigenvalue weighted by atomic mass is 10.1. The van der Waals surface area contributed by atoms with Gasteiger partial charge in [-0.2, -0.15) is 5.10 Å². The number of H-pyrrole nitrogens is 1. The van der Waals surface area contributed by atoms with Crippen molar-refractivity contribution in [2.75, 3.05) is 7.05 Å². The number of imidazole rings is 1. The van der Waals surface area contributed by atoms with Crippen LogP contribution < -0.4 is 0 Å². The average molecular weight is 325 g/mol. The van der Waals surface area contributed by atoms with Crippen LogP contribution in [-0.2, 0) is 11.3 Å². The van der Waals surface area contributed by atoms with Crippen molar-refractivity contribution in [2.45, 2.75) is 40.3 Å². The molecule has 3 rings (SSSR count). The second kappa shape index (κ2) is 6.11. The number of carbonyl (C=O) groups is 1. The van der Waals surface area contributed by atoms with Crippen LogP contribution in [0, 0.1) is 20.8 Å². The molecule has 1 aromatic carbocycles. The van der Waals surface area contributed by atoms with E-state index in [2.05, 4.69) is 41.0 Å². The molecule has 0 radical (unpaired) electrons. The van der Waals surface area contributed by atoms with Crippen LogP contribution in [0.15, 0.2) is 24.5 Å².